The molecule has 5 heteroatoms. The van der Waals surface area contributed by atoms with E-state index in [9.17, 15) is 0 Å². The molecule has 1 aromatic carbocycles. The Bertz CT molecular complexity index is 411. The summed E-state index contributed by atoms with van der Waals surface area (Å²) < 4.78 is 0.943. The van der Waals surface area contributed by atoms with Crippen molar-refractivity contribution in [2.24, 2.45) is 0 Å². The molecule has 0 radical (unpaired) electrons. The number of benzene rings is 1. The van der Waals surface area contributed by atoms with Crippen molar-refractivity contribution in [3.8, 4) is 11.3 Å². The maximum Gasteiger partial charge on any atom is 0.185 e. The summed E-state index contributed by atoms with van der Waals surface area (Å²) in [7, 11) is 0. The van der Waals surface area contributed by atoms with Crippen molar-refractivity contribution in [1.82, 2.24) is 9.97 Å². The molecule has 0 fully saturated rings. The van der Waals surface area contributed by atoms with Crippen LogP contribution < -0.4 is 3.94 Å². The van der Waals surface area contributed by atoms with Gasteiger partial charge in [0.15, 0.2) is 5.82 Å². The molecule has 0 unspecified atom stereocenters. The van der Waals surface area contributed by atoms with Crippen molar-refractivity contribution >= 4 is 29.4 Å². The maximum atomic E-state index is 5.62. The van der Waals surface area contributed by atoms with Gasteiger partial charge in [0.05, 0.1) is 12.0 Å². The normalized spacial score (nSPS) is 10.1. The number of hydrogen-bond acceptors (Lipinski definition) is 2. The molecule has 1 heterocycles. The molecule has 2 aromatic rings. The van der Waals surface area contributed by atoms with Crippen LogP contribution in [-0.2, 0) is 0 Å². The van der Waals surface area contributed by atoms with Crippen LogP contribution in [0.2, 0.25) is 0 Å². The highest BCUT2D eigenvalue weighted by Gasteiger charge is 2.11. The first-order valence-corrected chi connectivity index (χ1v) is 4.67. The molecule has 0 spiro atoms. The van der Waals surface area contributed by atoms with Gasteiger partial charge < -0.3 is 4.98 Å². The van der Waals surface area contributed by atoms with Crippen LogP contribution in [0.15, 0.2) is 36.7 Å². The Hall–Kier alpha value is -1.19. The SMILES string of the molecule is ClN(Cl)c1nc[nH]c1-c1ccccc1. The van der Waals surface area contributed by atoms with Crippen LogP contribution >= 0.6 is 23.6 Å². The van der Waals surface area contributed by atoms with Gasteiger partial charge in [-0.1, -0.05) is 30.3 Å². The molecule has 0 bridgehead atoms. The number of nitrogens with one attached hydrogen (secondary N) is 1. The number of rotatable bonds is 2. The summed E-state index contributed by atoms with van der Waals surface area (Å²) >= 11 is 11.2. The summed E-state index contributed by atoms with van der Waals surface area (Å²) in [5.41, 5.74) is 1.79. The van der Waals surface area contributed by atoms with Gasteiger partial charge in [-0.2, -0.15) is 3.94 Å². The van der Waals surface area contributed by atoms with Crippen molar-refractivity contribution in [1.29, 1.82) is 0 Å². The first-order valence-electron chi connectivity index (χ1n) is 3.99. The Morgan fingerprint density at radius 1 is 1.14 bits per heavy atom. The van der Waals surface area contributed by atoms with Crippen LogP contribution in [0.5, 0.6) is 0 Å². The Labute approximate surface area is 91.5 Å². The van der Waals surface area contributed by atoms with Crippen LogP contribution in [0.1, 0.15) is 0 Å². The first-order chi connectivity index (χ1) is 6.79. The van der Waals surface area contributed by atoms with E-state index in [1.54, 1.807) is 6.33 Å². The van der Waals surface area contributed by atoms with E-state index >= 15 is 0 Å². The summed E-state index contributed by atoms with van der Waals surface area (Å²) in [6.07, 6.45) is 1.55. The number of halogens is 2. The predicted octanol–water partition coefficient (Wildman–Crippen LogP) is 3.19. The molecule has 0 saturated heterocycles. The van der Waals surface area contributed by atoms with Gasteiger partial charge in [-0.15, -0.1) is 0 Å². The van der Waals surface area contributed by atoms with Crippen LogP contribution in [0, 0.1) is 0 Å². The Morgan fingerprint density at radius 2 is 1.86 bits per heavy atom. The Kier molecular flexibility index (Phi) is 2.61. The molecule has 0 aliphatic rings. The van der Waals surface area contributed by atoms with Crippen LogP contribution in [-0.4, -0.2) is 9.97 Å². The summed E-state index contributed by atoms with van der Waals surface area (Å²) in [6.45, 7) is 0. The van der Waals surface area contributed by atoms with Gasteiger partial charge in [-0.3, -0.25) is 0 Å². The average molecular weight is 228 g/mol. The van der Waals surface area contributed by atoms with Crippen molar-refractivity contribution in [2.45, 2.75) is 0 Å². The number of hydrogen-bond donors (Lipinski definition) is 1. The molecular weight excluding hydrogens is 221 g/mol. The van der Waals surface area contributed by atoms with Crippen LogP contribution in [0.4, 0.5) is 5.82 Å². The number of H-pyrrole nitrogens is 1. The molecule has 1 aromatic heterocycles. The molecule has 0 aliphatic carbocycles. The molecule has 0 amide bonds. The minimum atomic E-state index is 0.500. The molecule has 0 atom stereocenters. The fourth-order valence-corrected chi connectivity index (χ4v) is 1.49. The first kappa shape index (κ1) is 9.37. The van der Waals surface area contributed by atoms with Gasteiger partial charge in [0.2, 0.25) is 0 Å². The van der Waals surface area contributed by atoms with Gasteiger partial charge in [0.25, 0.3) is 0 Å². The van der Waals surface area contributed by atoms with Gasteiger partial charge >= 0.3 is 0 Å². The standard InChI is InChI=1S/C9H7Cl2N3/c10-14(11)9-8(12-6-13-9)7-4-2-1-3-5-7/h1-6H,(H,12,13). The molecular formula is C9H7Cl2N3. The Balaban J connectivity index is 2.47. The third kappa shape index (κ3) is 1.69. The van der Waals surface area contributed by atoms with E-state index in [1.165, 1.54) is 0 Å². The summed E-state index contributed by atoms with van der Waals surface area (Å²) in [4.78, 5) is 6.98. The van der Waals surface area contributed by atoms with Crippen molar-refractivity contribution in [2.75, 3.05) is 3.94 Å². The zero-order valence-corrected chi connectivity index (χ0v) is 8.63. The maximum absolute atomic E-state index is 5.62. The lowest BCUT2D eigenvalue weighted by atomic mass is 10.1. The second-order valence-electron chi connectivity index (χ2n) is 2.70. The fraction of sp³-hybridized carbons (Fsp3) is 0. The zero-order chi connectivity index (χ0) is 9.97. The van der Waals surface area contributed by atoms with Gasteiger partial charge in [-0.25, -0.2) is 4.98 Å². The quantitative estimate of drug-likeness (QED) is 0.800. The Morgan fingerprint density at radius 3 is 2.50 bits per heavy atom. The number of nitrogens with zero attached hydrogens (tertiary/aromatic N) is 2. The molecule has 72 valence electrons. The average Bonchev–Trinajstić information content (AvgIpc) is 2.67. The summed E-state index contributed by atoms with van der Waals surface area (Å²) in [5, 5.41) is 0. The molecule has 3 nitrogen and oxygen atoms in total. The smallest absolute Gasteiger partial charge is 0.185 e. The number of imidazole rings is 1. The summed E-state index contributed by atoms with van der Waals surface area (Å²) in [5.74, 6) is 0.500. The monoisotopic (exact) mass is 227 g/mol. The van der Waals surface area contributed by atoms with Gasteiger partial charge in [-0.05, 0) is 0 Å². The highest BCUT2D eigenvalue weighted by atomic mass is 35.5. The van der Waals surface area contributed by atoms with E-state index in [4.69, 9.17) is 23.6 Å². The molecule has 0 saturated carbocycles. The lowest BCUT2D eigenvalue weighted by Gasteiger charge is -2.04. The minimum Gasteiger partial charge on any atom is -0.343 e. The highest BCUT2D eigenvalue weighted by Crippen LogP contribution is 2.28. The summed E-state index contributed by atoms with van der Waals surface area (Å²) in [6, 6.07) is 9.72. The second-order valence-corrected chi connectivity index (χ2v) is 3.55. The van der Waals surface area contributed by atoms with Crippen molar-refractivity contribution in [3.05, 3.63) is 36.7 Å². The van der Waals surface area contributed by atoms with E-state index in [1.807, 2.05) is 30.3 Å². The van der Waals surface area contributed by atoms with E-state index < -0.39 is 0 Å². The minimum absolute atomic E-state index is 0.500. The van der Waals surface area contributed by atoms with Crippen LogP contribution in [0.3, 0.4) is 0 Å². The van der Waals surface area contributed by atoms with Gasteiger partial charge in [0.1, 0.15) is 0 Å². The predicted molar refractivity (Wildman–Crippen MR) is 58.2 cm³/mol. The van der Waals surface area contributed by atoms with Gasteiger partial charge in [0, 0.05) is 29.1 Å². The van der Waals surface area contributed by atoms with Crippen molar-refractivity contribution in [3.63, 3.8) is 0 Å². The van der Waals surface area contributed by atoms with Crippen molar-refractivity contribution < 1.29 is 0 Å². The molecule has 14 heavy (non-hydrogen) atoms. The zero-order valence-electron chi connectivity index (χ0n) is 7.11. The van der Waals surface area contributed by atoms with Crippen LogP contribution in [0.25, 0.3) is 11.3 Å². The number of aromatic amines is 1. The highest BCUT2D eigenvalue weighted by molar-refractivity contribution is 6.49. The lowest BCUT2D eigenvalue weighted by molar-refractivity contribution is 1.31. The fourth-order valence-electron chi connectivity index (χ4n) is 1.23. The third-order valence-electron chi connectivity index (χ3n) is 1.84. The second kappa shape index (κ2) is 3.90. The number of anilines is 1. The molecule has 1 N–H and O–H groups in total. The third-order valence-corrected chi connectivity index (χ3v) is 2.16. The number of aromatic nitrogens is 2. The lowest BCUT2D eigenvalue weighted by Crippen LogP contribution is -1.94. The van der Waals surface area contributed by atoms with E-state index in [2.05, 4.69) is 9.97 Å². The molecule has 0 aliphatic heterocycles. The van der Waals surface area contributed by atoms with E-state index in [0.717, 1.165) is 15.2 Å². The van der Waals surface area contributed by atoms with E-state index in [-0.39, 0.29) is 0 Å². The topological polar surface area (TPSA) is 31.9 Å². The largest absolute Gasteiger partial charge is 0.343 e. The van der Waals surface area contributed by atoms with E-state index in [0.29, 0.717) is 5.82 Å². The molecule has 2 rings (SSSR count).